The Labute approximate surface area is 108 Å². The lowest BCUT2D eigenvalue weighted by atomic mass is 10.3. The lowest BCUT2D eigenvalue weighted by Crippen LogP contribution is -2.23. The van der Waals surface area contributed by atoms with Gasteiger partial charge in [0.25, 0.3) is 0 Å². The third-order valence-corrected chi connectivity index (χ3v) is 2.46. The molecule has 0 spiro atoms. The Hall–Kier alpha value is -1.68. The van der Waals surface area contributed by atoms with Crippen LogP contribution in [0, 0.1) is 0 Å². The standard InChI is InChI=1S/C14H20N2O2/c1-3-16(11-7-9-14(17)18-4-2)12-13-8-5-6-10-15-13/h5-10H,3-4,11-12H2,1-2H3/b9-7+. The van der Waals surface area contributed by atoms with Gasteiger partial charge in [-0.05, 0) is 25.6 Å². The predicted molar refractivity (Wildman–Crippen MR) is 71.0 cm³/mol. The van der Waals surface area contributed by atoms with Gasteiger partial charge in [0.05, 0.1) is 12.3 Å². The summed E-state index contributed by atoms with van der Waals surface area (Å²) in [6.45, 7) is 6.70. The van der Waals surface area contributed by atoms with Crippen molar-refractivity contribution in [2.45, 2.75) is 20.4 Å². The van der Waals surface area contributed by atoms with Crippen LogP contribution in [0.15, 0.2) is 36.5 Å². The first-order valence-electron chi connectivity index (χ1n) is 6.21. The van der Waals surface area contributed by atoms with E-state index in [1.807, 2.05) is 24.3 Å². The van der Waals surface area contributed by atoms with E-state index in [4.69, 9.17) is 4.74 Å². The third kappa shape index (κ3) is 5.59. The zero-order valence-electron chi connectivity index (χ0n) is 11.0. The van der Waals surface area contributed by atoms with Crippen molar-refractivity contribution in [3.63, 3.8) is 0 Å². The molecule has 0 fully saturated rings. The van der Waals surface area contributed by atoms with Gasteiger partial charge in [-0.3, -0.25) is 9.88 Å². The molecule has 0 atom stereocenters. The minimum absolute atomic E-state index is 0.286. The number of likely N-dealkylation sites (N-methyl/N-ethyl adjacent to an activating group) is 1. The lowest BCUT2D eigenvalue weighted by molar-refractivity contribution is -0.137. The number of hydrogen-bond donors (Lipinski definition) is 0. The molecule has 0 saturated heterocycles. The molecule has 0 aliphatic carbocycles. The number of rotatable bonds is 7. The minimum atomic E-state index is -0.286. The van der Waals surface area contributed by atoms with Crippen LogP contribution in [-0.4, -0.2) is 35.5 Å². The first-order valence-corrected chi connectivity index (χ1v) is 6.21. The van der Waals surface area contributed by atoms with Crippen LogP contribution in [0.25, 0.3) is 0 Å². The molecule has 1 aromatic heterocycles. The van der Waals surface area contributed by atoms with Gasteiger partial charge in [-0.15, -0.1) is 0 Å². The molecule has 98 valence electrons. The first kappa shape index (κ1) is 14.4. The molecule has 1 aromatic rings. The summed E-state index contributed by atoms with van der Waals surface area (Å²) in [7, 11) is 0. The van der Waals surface area contributed by atoms with Crippen molar-refractivity contribution in [3.05, 3.63) is 42.2 Å². The molecule has 0 aliphatic heterocycles. The molecular weight excluding hydrogens is 228 g/mol. The second-order valence-electron chi connectivity index (χ2n) is 3.80. The summed E-state index contributed by atoms with van der Waals surface area (Å²) in [5.41, 5.74) is 1.03. The molecular formula is C14H20N2O2. The zero-order valence-corrected chi connectivity index (χ0v) is 11.0. The summed E-state index contributed by atoms with van der Waals surface area (Å²) >= 11 is 0. The Bertz CT molecular complexity index is 377. The number of esters is 1. The molecule has 0 aromatic carbocycles. The fraction of sp³-hybridized carbons (Fsp3) is 0.429. The van der Waals surface area contributed by atoms with Crippen molar-refractivity contribution in [1.82, 2.24) is 9.88 Å². The smallest absolute Gasteiger partial charge is 0.330 e. The fourth-order valence-corrected chi connectivity index (χ4v) is 1.51. The molecule has 18 heavy (non-hydrogen) atoms. The largest absolute Gasteiger partial charge is 0.463 e. The average molecular weight is 248 g/mol. The van der Waals surface area contributed by atoms with Gasteiger partial charge < -0.3 is 4.74 Å². The maximum atomic E-state index is 11.1. The summed E-state index contributed by atoms with van der Waals surface area (Å²) < 4.78 is 4.82. The second-order valence-corrected chi connectivity index (χ2v) is 3.80. The van der Waals surface area contributed by atoms with Crippen LogP contribution >= 0.6 is 0 Å². The van der Waals surface area contributed by atoms with Crippen LogP contribution in [0.5, 0.6) is 0 Å². The Morgan fingerprint density at radius 1 is 1.44 bits per heavy atom. The SMILES string of the molecule is CCOC(=O)/C=C/CN(CC)Cc1ccccn1. The van der Waals surface area contributed by atoms with E-state index in [0.717, 1.165) is 18.8 Å². The van der Waals surface area contributed by atoms with Gasteiger partial charge in [0.15, 0.2) is 0 Å². The molecule has 1 rings (SSSR count). The highest BCUT2D eigenvalue weighted by molar-refractivity contribution is 5.81. The van der Waals surface area contributed by atoms with Crippen LogP contribution in [0.4, 0.5) is 0 Å². The van der Waals surface area contributed by atoms with Crippen molar-refractivity contribution in [1.29, 1.82) is 0 Å². The summed E-state index contributed by atoms with van der Waals surface area (Å²) in [5, 5.41) is 0. The van der Waals surface area contributed by atoms with E-state index >= 15 is 0 Å². The molecule has 4 nitrogen and oxygen atoms in total. The molecule has 0 amide bonds. The van der Waals surface area contributed by atoms with E-state index in [0.29, 0.717) is 13.2 Å². The van der Waals surface area contributed by atoms with Gasteiger partial charge in [0.1, 0.15) is 0 Å². The predicted octanol–water partition coefficient (Wildman–Crippen LogP) is 2.02. The molecule has 1 heterocycles. The Morgan fingerprint density at radius 3 is 2.89 bits per heavy atom. The third-order valence-electron chi connectivity index (χ3n) is 2.46. The zero-order chi connectivity index (χ0) is 13.2. The number of pyridine rings is 1. The summed E-state index contributed by atoms with van der Waals surface area (Å²) in [5.74, 6) is -0.286. The van der Waals surface area contributed by atoms with Crippen LogP contribution < -0.4 is 0 Å². The molecule has 0 saturated carbocycles. The van der Waals surface area contributed by atoms with Crippen LogP contribution in [-0.2, 0) is 16.1 Å². The molecule has 0 radical (unpaired) electrons. The molecule has 0 N–H and O–H groups in total. The molecule has 0 bridgehead atoms. The molecule has 0 unspecified atom stereocenters. The number of carbonyl (C=O) groups excluding carboxylic acids is 1. The number of hydrogen-bond acceptors (Lipinski definition) is 4. The van der Waals surface area contributed by atoms with E-state index < -0.39 is 0 Å². The minimum Gasteiger partial charge on any atom is -0.463 e. The highest BCUT2D eigenvalue weighted by Gasteiger charge is 2.02. The van der Waals surface area contributed by atoms with Crippen LogP contribution in [0.1, 0.15) is 19.5 Å². The van der Waals surface area contributed by atoms with Crippen molar-refractivity contribution in [3.8, 4) is 0 Å². The average Bonchev–Trinajstić information content (AvgIpc) is 2.39. The Morgan fingerprint density at radius 2 is 2.28 bits per heavy atom. The summed E-state index contributed by atoms with van der Waals surface area (Å²) in [6.07, 6.45) is 5.09. The van der Waals surface area contributed by atoms with Gasteiger partial charge in [-0.2, -0.15) is 0 Å². The second kappa shape index (κ2) is 8.42. The van der Waals surface area contributed by atoms with E-state index in [1.165, 1.54) is 6.08 Å². The van der Waals surface area contributed by atoms with E-state index in [1.54, 1.807) is 13.1 Å². The first-order chi connectivity index (χ1) is 8.76. The lowest BCUT2D eigenvalue weighted by Gasteiger charge is -2.17. The van der Waals surface area contributed by atoms with E-state index in [2.05, 4.69) is 16.8 Å². The van der Waals surface area contributed by atoms with Crippen LogP contribution in [0.3, 0.4) is 0 Å². The molecule has 0 aliphatic rings. The van der Waals surface area contributed by atoms with E-state index in [9.17, 15) is 4.79 Å². The monoisotopic (exact) mass is 248 g/mol. The maximum absolute atomic E-state index is 11.1. The van der Waals surface area contributed by atoms with Gasteiger partial charge >= 0.3 is 5.97 Å². The van der Waals surface area contributed by atoms with Crippen molar-refractivity contribution >= 4 is 5.97 Å². The highest BCUT2D eigenvalue weighted by Crippen LogP contribution is 2.00. The van der Waals surface area contributed by atoms with Gasteiger partial charge in [0.2, 0.25) is 0 Å². The summed E-state index contributed by atoms with van der Waals surface area (Å²) in [4.78, 5) is 17.6. The fourth-order valence-electron chi connectivity index (χ4n) is 1.51. The number of ether oxygens (including phenoxy) is 1. The van der Waals surface area contributed by atoms with Gasteiger partial charge in [-0.1, -0.05) is 19.1 Å². The van der Waals surface area contributed by atoms with E-state index in [-0.39, 0.29) is 5.97 Å². The number of aromatic nitrogens is 1. The maximum Gasteiger partial charge on any atom is 0.330 e. The summed E-state index contributed by atoms with van der Waals surface area (Å²) in [6, 6.07) is 5.88. The highest BCUT2D eigenvalue weighted by atomic mass is 16.5. The number of carbonyl (C=O) groups is 1. The molecule has 4 heteroatoms. The topological polar surface area (TPSA) is 42.4 Å². The van der Waals surface area contributed by atoms with Crippen molar-refractivity contribution in [2.75, 3.05) is 19.7 Å². The van der Waals surface area contributed by atoms with Crippen molar-refractivity contribution in [2.24, 2.45) is 0 Å². The Kier molecular flexibility index (Phi) is 6.72. The normalized spacial score (nSPS) is 11.1. The Balaban J connectivity index is 2.41. The number of nitrogens with zero attached hydrogens (tertiary/aromatic N) is 2. The van der Waals surface area contributed by atoms with Gasteiger partial charge in [0, 0.05) is 25.4 Å². The van der Waals surface area contributed by atoms with Crippen LogP contribution in [0.2, 0.25) is 0 Å². The van der Waals surface area contributed by atoms with Crippen molar-refractivity contribution < 1.29 is 9.53 Å². The quantitative estimate of drug-likeness (QED) is 0.547. The van der Waals surface area contributed by atoms with Gasteiger partial charge in [-0.25, -0.2) is 4.79 Å².